The van der Waals surface area contributed by atoms with E-state index < -0.39 is 30.5 Å². The molecule has 1 aliphatic carbocycles. The third-order valence-corrected chi connectivity index (χ3v) is 6.23. The Balaban J connectivity index is 1.71. The van der Waals surface area contributed by atoms with Crippen LogP contribution in [0.1, 0.15) is 6.42 Å². The molecule has 0 spiro atoms. The van der Waals surface area contributed by atoms with E-state index in [1.165, 1.54) is 28.8 Å². The number of aliphatic hydroxyl groups is 2. The Morgan fingerprint density at radius 3 is 2.67 bits per heavy atom. The lowest BCUT2D eigenvalue weighted by Crippen LogP contribution is -2.54. The summed E-state index contributed by atoms with van der Waals surface area (Å²) in [4.78, 5) is 18.7. The second kappa shape index (κ2) is 8.86. The molecule has 1 aliphatic heterocycles. The summed E-state index contributed by atoms with van der Waals surface area (Å²) in [6.45, 7) is 3.97. The molecule has 30 heavy (non-hydrogen) atoms. The number of carbonyl (C=O) groups excluding carboxylic acids is 1. The number of hydrogen-bond acceptors (Lipinski definition) is 7. The number of halogens is 3. The molecule has 0 aromatic heterocycles. The largest absolute Gasteiger partial charge is 0.573 e. The minimum absolute atomic E-state index is 0.113. The fourth-order valence-electron chi connectivity index (χ4n) is 3.52. The molecule has 0 radical (unpaired) electrons. The predicted molar refractivity (Wildman–Crippen MR) is 107 cm³/mol. The minimum Gasteiger partial charge on any atom is -0.406 e. The van der Waals surface area contributed by atoms with E-state index in [0.29, 0.717) is 17.4 Å². The topological polar surface area (TPSA) is 94.4 Å². The van der Waals surface area contributed by atoms with Gasteiger partial charge in [0.15, 0.2) is 5.17 Å². The highest BCUT2D eigenvalue weighted by molar-refractivity contribution is 8.15. The van der Waals surface area contributed by atoms with Crippen molar-refractivity contribution in [3.63, 3.8) is 0 Å². The number of alkyl halides is 3. The first-order valence-corrected chi connectivity index (χ1v) is 10.1. The summed E-state index contributed by atoms with van der Waals surface area (Å²) in [6, 6.07) is 4.45. The summed E-state index contributed by atoms with van der Waals surface area (Å²) in [5, 5.41) is 23.6. The van der Waals surface area contributed by atoms with Crippen LogP contribution in [0.5, 0.6) is 5.75 Å². The average Bonchev–Trinajstić information content (AvgIpc) is 3.08. The van der Waals surface area contributed by atoms with Gasteiger partial charge in [0.1, 0.15) is 11.9 Å². The Labute approximate surface area is 175 Å². The minimum atomic E-state index is -4.77. The molecule has 0 saturated heterocycles. The zero-order valence-electron chi connectivity index (χ0n) is 16.0. The van der Waals surface area contributed by atoms with Crippen LogP contribution < -0.4 is 10.1 Å². The van der Waals surface area contributed by atoms with Crippen molar-refractivity contribution in [2.45, 2.75) is 36.3 Å². The first kappa shape index (κ1) is 22.4. The van der Waals surface area contributed by atoms with Crippen LogP contribution in [0.15, 0.2) is 41.9 Å². The van der Waals surface area contributed by atoms with E-state index in [4.69, 9.17) is 0 Å². The van der Waals surface area contributed by atoms with E-state index in [9.17, 15) is 28.2 Å². The van der Waals surface area contributed by atoms with Gasteiger partial charge in [0, 0.05) is 24.5 Å². The van der Waals surface area contributed by atoms with Gasteiger partial charge >= 0.3 is 6.36 Å². The molecule has 164 valence electrons. The summed E-state index contributed by atoms with van der Waals surface area (Å²) in [6.07, 6.45) is -5.26. The summed E-state index contributed by atoms with van der Waals surface area (Å²) >= 11 is 1.26. The molecule has 1 aromatic carbocycles. The van der Waals surface area contributed by atoms with Crippen molar-refractivity contribution < 1.29 is 32.9 Å². The van der Waals surface area contributed by atoms with Gasteiger partial charge < -0.3 is 25.2 Å². The van der Waals surface area contributed by atoms with Crippen LogP contribution in [0.25, 0.3) is 0 Å². The van der Waals surface area contributed by atoms with E-state index >= 15 is 0 Å². The molecule has 5 atom stereocenters. The normalized spacial score (nSPS) is 28.3. The van der Waals surface area contributed by atoms with Crippen LogP contribution in [0.3, 0.4) is 0 Å². The standard InChI is InChI=1S/C19H22F3N3O4S/c1-3-8-25(2)17(28)12-9-13(26)15(27)14-16(12)30-18(24-14)23-10-4-6-11(7-5-10)29-19(20,21)22/h3-7,12-16,26-27H,1,8-9H2,2H3,(H,23,24)/t12-,13-,14-,15+,16-/m1/s1. The third kappa shape index (κ3) is 5.08. The van der Waals surface area contributed by atoms with Crippen LogP contribution in [-0.4, -0.2) is 69.6 Å². The molecule has 1 fully saturated rings. The predicted octanol–water partition coefficient (Wildman–Crippen LogP) is 2.22. The molecule has 0 unspecified atom stereocenters. The summed E-state index contributed by atoms with van der Waals surface area (Å²) in [7, 11) is 1.64. The van der Waals surface area contributed by atoms with Crippen LogP contribution in [-0.2, 0) is 4.79 Å². The number of ether oxygens (including phenoxy) is 1. The number of carbonyl (C=O) groups is 1. The van der Waals surface area contributed by atoms with Crippen molar-refractivity contribution in [2.24, 2.45) is 10.9 Å². The molecule has 1 amide bonds. The van der Waals surface area contributed by atoms with Crippen LogP contribution >= 0.6 is 11.8 Å². The molecule has 3 rings (SSSR count). The van der Waals surface area contributed by atoms with E-state index in [-0.39, 0.29) is 23.3 Å². The van der Waals surface area contributed by atoms with Gasteiger partial charge in [-0.2, -0.15) is 0 Å². The van der Waals surface area contributed by atoms with Crippen molar-refractivity contribution >= 4 is 28.5 Å². The van der Waals surface area contributed by atoms with Crippen LogP contribution in [0, 0.1) is 5.92 Å². The highest BCUT2D eigenvalue weighted by Gasteiger charge is 2.50. The number of amidine groups is 1. The van der Waals surface area contributed by atoms with Gasteiger partial charge in [-0.1, -0.05) is 17.8 Å². The lowest BCUT2D eigenvalue weighted by molar-refractivity contribution is -0.274. The quantitative estimate of drug-likeness (QED) is 0.602. The second-order valence-corrected chi connectivity index (χ2v) is 8.28. The number of thioether (sulfide) groups is 1. The Morgan fingerprint density at radius 1 is 1.40 bits per heavy atom. The lowest BCUT2D eigenvalue weighted by atomic mass is 9.80. The molecular formula is C19H22F3N3O4S. The molecule has 7 nitrogen and oxygen atoms in total. The number of anilines is 1. The molecule has 1 heterocycles. The number of nitrogens with zero attached hydrogens (tertiary/aromatic N) is 2. The van der Waals surface area contributed by atoms with Crippen molar-refractivity contribution in [1.82, 2.24) is 4.90 Å². The number of hydrogen-bond donors (Lipinski definition) is 3. The first-order valence-electron chi connectivity index (χ1n) is 9.18. The van der Waals surface area contributed by atoms with Gasteiger partial charge in [0.2, 0.25) is 5.91 Å². The SMILES string of the molecule is C=CCN(C)C(=O)[C@@H]1C[C@@H](O)[C@H](O)[C@H]2N=C(Nc3ccc(OC(F)(F)F)cc3)S[C@@H]21. The lowest BCUT2D eigenvalue weighted by Gasteiger charge is -2.38. The van der Waals surface area contributed by atoms with E-state index in [1.54, 1.807) is 13.1 Å². The Morgan fingerprint density at radius 2 is 2.07 bits per heavy atom. The molecule has 11 heteroatoms. The third-order valence-electron chi connectivity index (χ3n) is 4.92. The Kier molecular flexibility index (Phi) is 6.63. The maximum atomic E-state index is 12.8. The van der Waals surface area contributed by atoms with Crippen molar-refractivity contribution in [2.75, 3.05) is 18.9 Å². The zero-order chi connectivity index (χ0) is 22.1. The number of benzene rings is 1. The van der Waals surface area contributed by atoms with Gasteiger partial charge in [0.05, 0.1) is 18.1 Å². The zero-order valence-corrected chi connectivity index (χ0v) is 16.9. The molecule has 1 aromatic rings. The van der Waals surface area contributed by atoms with Gasteiger partial charge in [-0.3, -0.25) is 9.79 Å². The first-order chi connectivity index (χ1) is 14.1. The van der Waals surface area contributed by atoms with Crippen molar-refractivity contribution in [1.29, 1.82) is 0 Å². The number of aliphatic imine (C=N–C) groups is 1. The number of fused-ring (bicyclic) bond motifs is 1. The van der Waals surface area contributed by atoms with Gasteiger partial charge in [-0.25, -0.2) is 0 Å². The molecule has 3 N–H and O–H groups in total. The van der Waals surface area contributed by atoms with Gasteiger partial charge in [0.25, 0.3) is 0 Å². The summed E-state index contributed by atoms with van der Waals surface area (Å²) in [5.74, 6) is -1.07. The van der Waals surface area contributed by atoms with E-state index in [0.717, 1.165) is 12.1 Å². The van der Waals surface area contributed by atoms with Crippen LogP contribution in [0.2, 0.25) is 0 Å². The summed E-state index contributed by atoms with van der Waals surface area (Å²) in [5.41, 5.74) is 0.469. The molecule has 1 saturated carbocycles. The summed E-state index contributed by atoms with van der Waals surface area (Å²) < 4.78 is 40.7. The van der Waals surface area contributed by atoms with Gasteiger partial charge in [-0.05, 0) is 30.7 Å². The van der Waals surface area contributed by atoms with E-state index in [2.05, 4.69) is 21.6 Å². The average molecular weight is 445 g/mol. The molecule has 2 aliphatic rings. The number of nitrogens with one attached hydrogen (secondary N) is 1. The highest BCUT2D eigenvalue weighted by atomic mass is 32.2. The fourth-order valence-corrected chi connectivity index (χ4v) is 4.89. The number of likely N-dealkylation sites (N-methyl/N-ethyl adjacent to an activating group) is 1. The number of amides is 1. The van der Waals surface area contributed by atoms with Crippen molar-refractivity contribution in [3.05, 3.63) is 36.9 Å². The van der Waals surface area contributed by atoms with Crippen LogP contribution in [0.4, 0.5) is 18.9 Å². The number of rotatable bonds is 5. The maximum Gasteiger partial charge on any atom is 0.573 e. The molecular weight excluding hydrogens is 423 g/mol. The Hall–Kier alpha value is -2.24. The number of aliphatic hydroxyl groups excluding tert-OH is 2. The van der Waals surface area contributed by atoms with Crippen molar-refractivity contribution in [3.8, 4) is 5.75 Å². The van der Waals surface area contributed by atoms with Gasteiger partial charge in [-0.15, -0.1) is 19.8 Å². The Bertz CT molecular complexity index is 818. The highest BCUT2D eigenvalue weighted by Crippen LogP contribution is 2.42. The second-order valence-electron chi connectivity index (χ2n) is 7.11. The smallest absolute Gasteiger partial charge is 0.406 e. The molecule has 0 bridgehead atoms. The van der Waals surface area contributed by atoms with E-state index in [1.807, 2.05) is 0 Å². The maximum absolute atomic E-state index is 12.8. The monoisotopic (exact) mass is 445 g/mol. The fraction of sp³-hybridized carbons (Fsp3) is 0.474.